The third-order valence-corrected chi connectivity index (χ3v) is 2.55. The molecule has 0 saturated heterocycles. The smallest absolute Gasteiger partial charge is 0.346 e. The van der Waals surface area contributed by atoms with Gasteiger partial charge < -0.3 is 10.4 Å². The lowest BCUT2D eigenvalue weighted by molar-refractivity contribution is -0.137. The minimum absolute atomic E-state index is 0.192. The monoisotopic (exact) mass is 220 g/mol. The third kappa shape index (κ3) is 2.18. The first-order valence-electron chi connectivity index (χ1n) is 5.20. The number of rotatable bonds is 5. The highest BCUT2D eigenvalue weighted by Gasteiger charge is 2.25. The summed E-state index contributed by atoms with van der Waals surface area (Å²) in [6.07, 6.45) is 6.16. The number of carbonyl (C=O) groups excluding carboxylic acids is 1. The maximum Gasteiger partial charge on any atom is 0.346 e. The molecule has 0 aromatic carbocycles. The van der Waals surface area contributed by atoms with Gasteiger partial charge in [-0.3, -0.25) is 4.79 Å². The Morgan fingerprint density at radius 3 is 2.94 bits per heavy atom. The number of carboxylic acids is 1. The van der Waals surface area contributed by atoms with Crippen LogP contribution in [0.25, 0.3) is 0 Å². The summed E-state index contributed by atoms with van der Waals surface area (Å²) < 4.78 is 0. The molecule has 84 valence electrons. The summed E-state index contributed by atoms with van der Waals surface area (Å²) in [7, 11) is 0. The number of unbranched alkanes of at least 4 members (excludes halogenated alkanes) is 1. The van der Waals surface area contributed by atoms with E-state index in [2.05, 4.69) is 10.3 Å². The fourth-order valence-electron chi connectivity index (χ4n) is 1.79. The van der Waals surface area contributed by atoms with Gasteiger partial charge >= 0.3 is 12.0 Å². The van der Waals surface area contributed by atoms with Crippen LogP contribution in [0.3, 0.4) is 0 Å². The molecule has 5 nitrogen and oxygen atoms in total. The van der Waals surface area contributed by atoms with Gasteiger partial charge in [0.25, 0.3) is 0 Å². The quantitative estimate of drug-likeness (QED) is 0.691. The van der Waals surface area contributed by atoms with Crippen molar-refractivity contribution in [2.45, 2.75) is 25.7 Å². The van der Waals surface area contributed by atoms with Crippen LogP contribution in [0, 0.1) is 0 Å². The molecule has 16 heavy (non-hydrogen) atoms. The topological polar surface area (TPSA) is 78.8 Å². The lowest BCUT2D eigenvalue weighted by Crippen LogP contribution is -2.13. The molecule has 0 aromatic heterocycles. The van der Waals surface area contributed by atoms with Crippen molar-refractivity contribution in [2.24, 2.45) is 4.99 Å². The molecule has 1 aliphatic heterocycles. The molecule has 0 aromatic rings. The van der Waals surface area contributed by atoms with Crippen LogP contribution < -0.4 is 5.32 Å². The van der Waals surface area contributed by atoms with Crippen molar-refractivity contribution in [3.63, 3.8) is 0 Å². The third-order valence-electron chi connectivity index (χ3n) is 2.55. The van der Waals surface area contributed by atoms with Gasteiger partial charge in [0.05, 0.1) is 11.4 Å². The molecule has 0 radical (unpaired) electrons. The van der Waals surface area contributed by atoms with Crippen LogP contribution in [-0.4, -0.2) is 22.8 Å². The zero-order chi connectivity index (χ0) is 11.5. The number of aliphatic carboxylic acids is 1. The molecule has 2 aliphatic rings. The van der Waals surface area contributed by atoms with Gasteiger partial charge in [0.2, 0.25) is 0 Å². The van der Waals surface area contributed by atoms with Crippen LogP contribution in [0.2, 0.25) is 0 Å². The Morgan fingerprint density at radius 1 is 1.38 bits per heavy atom. The number of hydrogen-bond acceptors (Lipinski definition) is 2. The highest BCUT2D eigenvalue weighted by molar-refractivity contribution is 6.23. The number of allylic oxidation sites excluding steroid dienone is 3. The van der Waals surface area contributed by atoms with Gasteiger partial charge in [-0.15, -0.1) is 0 Å². The SMILES string of the molecule is O=C(O)CCCCC1=CC=C2NC(=O)N=C12. The first-order chi connectivity index (χ1) is 7.66. The fourth-order valence-corrected chi connectivity index (χ4v) is 1.79. The van der Waals surface area contributed by atoms with Gasteiger partial charge in [0.1, 0.15) is 0 Å². The first kappa shape index (κ1) is 10.6. The van der Waals surface area contributed by atoms with E-state index in [1.54, 1.807) is 0 Å². The van der Waals surface area contributed by atoms with Gasteiger partial charge in [-0.1, -0.05) is 6.08 Å². The van der Waals surface area contributed by atoms with E-state index in [1.165, 1.54) is 0 Å². The van der Waals surface area contributed by atoms with Crippen molar-refractivity contribution in [3.8, 4) is 0 Å². The Hall–Kier alpha value is -1.91. The minimum atomic E-state index is -0.769. The molecule has 2 amide bonds. The van der Waals surface area contributed by atoms with Crippen LogP contribution in [0.5, 0.6) is 0 Å². The number of carboxylic acid groups (broad SMARTS) is 1. The molecule has 2 rings (SSSR count). The summed E-state index contributed by atoms with van der Waals surface area (Å²) in [5.41, 5.74) is 2.50. The number of amides is 2. The van der Waals surface area contributed by atoms with Crippen LogP contribution in [0.4, 0.5) is 4.79 Å². The summed E-state index contributed by atoms with van der Waals surface area (Å²) >= 11 is 0. The summed E-state index contributed by atoms with van der Waals surface area (Å²) in [5, 5.41) is 11.1. The minimum Gasteiger partial charge on any atom is -0.481 e. The van der Waals surface area contributed by atoms with E-state index in [-0.39, 0.29) is 12.5 Å². The molecule has 0 spiro atoms. The zero-order valence-corrected chi connectivity index (χ0v) is 8.69. The Morgan fingerprint density at radius 2 is 2.19 bits per heavy atom. The molecule has 0 unspecified atom stereocenters. The number of fused-ring (bicyclic) bond motifs is 1. The second-order valence-electron chi connectivity index (χ2n) is 3.76. The van der Waals surface area contributed by atoms with Crippen LogP contribution in [-0.2, 0) is 4.79 Å². The number of carbonyl (C=O) groups is 2. The van der Waals surface area contributed by atoms with Gasteiger partial charge in [-0.05, 0) is 30.9 Å². The average molecular weight is 220 g/mol. The standard InChI is InChI=1S/C11H12N2O3/c14-9(15)4-2-1-3-7-5-6-8-10(7)13-11(16)12-8/h5-6H,1-4H2,(H,14,15)(H,12,13,16). The van der Waals surface area contributed by atoms with Crippen molar-refractivity contribution in [3.05, 3.63) is 23.4 Å². The number of nitrogens with one attached hydrogen (secondary N) is 1. The van der Waals surface area contributed by atoms with Crippen molar-refractivity contribution in [1.82, 2.24) is 5.32 Å². The molecule has 1 heterocycles. The number of hydrogen-bond donors (Lipinski definition) is 2. The van der Waals surface area contributed by atoms with Crippen LogP contribution in [0.1, 0.15) is 25.7 Å². The van der Waals surface area contributed by atoms with E-state index in [0.29, 0.717) is 6.42 Å². The summed E-state index contributed by atoms with van der Waals surface area (Å²) in [4.78, 5) is 25.2. The molecule has 0 fully saturated rings. The molecule has 0 atom stereocenters. The molecular formula is C11H12N2O3. The Bertz CT molecular complexity index is 433. The van der Waals surface area contributed by atoms with E-state index in [1.807, 2.05) is 12.2 Å². The highest BCUT2D eigenvalue weighted by atomic mass is 16.4. The van der Waals surface area contributed by atoms with Crippen molar-refractivity contribution in [2.75, 3.05) is 0 Å². The normalized spacial score (nSPS) is 17.5. The Kier molecular flexibility index (Phi) is 2.85. The molecule has 1 aliphatic carbocycles. The summed E-state index contributed by atoms with van der Waals surface area (Å²) in [5.74, 6) is -0.769. The van der Waals surface area contributed by atoms with Crippen molar-refractivity contribution in [1.29, 1.82) is 0 Å². The predicted molar refractivity (Wildman–Crippen MR) is 58.2 cm³/mol. The van der Waals surface area contributed by atoms with Crippen LogP contribution >= 0.6 is 0 Å². The zero-order valence-electron chi connectivity index (χ0n) is 8.69. The van der Waals surface area contributed by atoms with Crippen molar-refractivity contribution >= 4 is 17.7 Å². The van der Waals surface area contributed by atoms with E-state index in [4.69, 9.17) is 5.11 Å². The molecule has 0 saturated carbocycles. The summed E-state index contributed by atoms with van der Waals surface area (Å²) in [6, 6.07) is -0.322. The van der Waals surface area contributed by atoms with E-state index < -0.39 is 5.97 Å². The maximum absolute atomic E-state index is 11.0. The van der Waals surface area contributed by atoms with E-state index >= 15 is 0 Å². The lowest BCUT2D eigenvalue weighted by atomic mass is 10.0. The van der Waals surface area contributed by atoms with Gasteiger partial charge in [-0.25, -0.2) is 4.79 Å². The van der Waals surface area contributed by atoms with Gasteiger partial charge in [0.15, 0.2) is 0 Å². The van der Waals surface area contributed by atoms with Crippen molar-refractivity contribution < 1.29 is 14.7 Å². The second-order valence-corrected chi connectivity index (χ2v) is 3.76. The number of nitrogens with zero attached hydrogens (tertiary/aromatic N) is 1. The molecule has 0 bridgehead atoms. The van der Waals surface area contributed by atoms with Gasteiger partial charge in [-0.2, -0.15) is 4.99 Å². The number of aliphatic imine (C=N–C) groups is 1. The van der Waals surface area contributed by atoms with Gasteiger partial charge in [0, 0.05) is 6.42 Å². The number of urea groups is 1. The Labute approximate surface area is 92.6 Å². The van der Waals surface area contributed by atoms with E-state index in [9.17, 15) is 9.59 Å². The maximum atomic E-state index is 11.0. The molecule has 2 N–H and O–H groups in total. The fraction of sp³-hybridized carbons (Fsp3) is 0.364. The van der Waals surface area contributed by atoms with Crippen LogP contribution in [0.15, 0.2) is 28.4 Å². The Balaban J connectivity index is 1.82. The molecular weight excluding hydrogens is 208 g/mol. The largest absolute Gasteiger partial charge is 0.481 e. The first-order valence-corrected chi connectivity index (χ1v) is 5.20. The second kappa shape index (κ2) is 4.30. The predicted octanol–water partition coefficient (Wildman–Crippen LogP) is 1.62. The lowest BCUT2D eigenvalue weighted by Gasteiger charge is -2.02. The van der Waals surface area contributed by atoms with E-state index in [0.717, 1.165) is 29.8 Å². The average Bonchev–Trinajstić information content (AvgIpc) is 2.72. The molecule has 5 heteroatoms. The summed E-state index contributed by atoms with van der Waals surface area (Å²) in [6.45, 7) is 0. The highest BCUT2D eigenvalue weighted by Crippen LogP contribution is 2.23.